The van der Waals surface area contributed by atoms with Crippen molar-refractivity contribution in [1.29, 1.82) is 0 Å². The van der Waals surface area contributed by atoms with Crippen molar-refractivity contribution in [2.24, 2.45) is 5.73 Å². The fourth-order valence-electron chi connectivity index (χ4n) is 2.18. The summed E-state index contributed by atoms with van der Waals surface area (Å²) in [6.07, 6.45) is 0.857. The van der Waals surface area contributed by atoms with Crippen molar-refractivity contribution >= 4 is 28.8 Å². The van der Waals surface area contributed by atoms with Crippen molar-refractivity contribution in [3.63, 3.8) is 0 Å². The number of aromatic nitrogens is 1. The van der Waals surface area contributed by atoms with Crippen molar-refractivity contribution in [1.82, 2.24) is 10.0 Å². The molecule has 0 aliphatic rings. The van der Waals surface area contributed by atoms with Gasteiger partial charge >= 0.3 is 0 Å². The van der Waals surface area contributed by atoms with Crippen molar-refractivity contribution in [2.75, 3.05) is 26.0 Å². The average molecular weight is 376 g/mol. The van der Waals surface area contributed by atoms with Gasteiger partial charge in [-0.15, -0.1) is 11.3 Å². The highest BCUT2D eigenvalue weighted by Gasteiger charge is 2.21. The van der Waals surface area contributed by atoms with Crippen LogP contribution in [0.3, 0.4) is 0 Å². The molecule has 1 atom stereocenters. The van der Waals surface area contributed by atoms with Crippen molar-refractivity contribution in [3.05, 3.63) is 45.8 Å². The summed E-state index contributed by atoms with van der Waals surface area (Å²) in [6.45, 7) is 2.03. The molecule has 0 radical (unpaired) electrons. The van der Waals surface area contributed by atoms with Crippen LogP contribution in [0.25, 0.3) is 0 Å². The van der Waals surface area contributed by atoms with Gasteiger partial charge in [0, 0.05) is 26.4 Å². The van der Waals surface area contributed by atoms with E-state index in [1.807, 2.05) is 30.3 Å². The second kappa shape index (κ2) is 9.54. The zero-order chi connectivity index (χ0) is 19.1. The highest BCUT2D eigenvalue weighted by molar-refractivity contribution is 7.14. The fraction of sp³-hybridized carbons (Fsp3) is 0.389. The highest BCUT2D eigenvalue weighted by Crippen LogP contribution is 2.27. The van der Waals surface area contributed by atoms with Gasteiger partial charge in [-0.25, -0.2) is 4.98 Å². The second-order valence-electron chi connectivity index (χ2n) is 5.93. The number of nitrogens with one attached hydrogen (secondary N) is 1. The Kier molecular flexibility index (Phi) is 7.40. The van der Waals surface area contributed by atoms with E-state index < -0.39 is 6.04 Å². The SMILES string of the molecule is CON(C)CCC(=O)c1sc(Cc2ccccc2)nc1NC(=O)[C@@H](C)N. The van der Waals surface area contributed by atoms with Gasteiger partial charge in [0.2, 0.25) is 5.91 Å². The van der Waals surface area contributed by atoms with Gasteiger partial charge in [-0.3, -0.25) is 9.59 Å². The molecule has 0 aliphatic carbocycles. The van der Waals surface area contributed by atoms with Crippen LogP contribution in [0.4, 0.5) is 5.82 Å². The molecule has 0 unspecified atom stereocenters. The van der Waals surface area contributed by atoms with E-state index in [4.69, 9.17) is 10.6 Å². The van der Waals surface area contributed by atoms with Crippen LogP contribution in [0.15, 0.2) is 30.3 Å². The predicted octanol–water partition coefficient (Wildman–Crippen LogP) is 2.09. The summed E-state index contributed by atoms with van der Waals surface area (Å²) in [5.74, 6) is -0.177. The maximum absolute atomic E-state index is 12.6. The molecule has 1 heterocycles. The number of Topliss-reactive ketones (excluding diaryl/α,β-unsaturated/α-hetero) is 1. The predicted molar refractivity (Wildman–Crippen MR) is 102 cm³/mol. The molecule has 2 rings (SSSR count). The van der Waals surface area contributed by atoms with Crippen LogP contribution in [-0.2, 0) is 16.1 Å². The molecule has 0 fully saturated rings. The van der Waals surface area contributed by atoms with Crippen LogP contribution >= 0.6 is 11.3 Å². The number of anilines is 1. The number of benzene rings is 1. The summed E-state index contributed by atoms with van der Waals surface area (Å²) in [6, 6.07) is 9.16. The molecular formula is C18H24N4O3S. The molecular weight excluding hydrogens is 352 g/mol. The van der Waals surface area contributed by atoms with Gasteiger partial charge in [0.25, 0.3) is 0 Å². The number of nitrogens with two attached hydrogens (primary N) is 1. The quantitative estimate of drug-likeness (QED) is 0.514. The number of hydroxylamine groups is 2. The molecule has 1 aromatic heterocycles. The number of ketones is 1. The Balaban J connectivity index is 2.22. The van der Waals surface area contributed by atoms with Gasteiger partial charge in [-0.1, -0.05) is 30.3 Å². The molecule has 26 heavy (non-hydrogen) atoms. The summed E-state index contributed by atoms with van der Waals surface area (Å²) in [5, 5.41) is 5.01. The lowest BCUT2D eigenvalue weighted by Crippen LogP contribution is -2.33. The first-order valence-electron chi connectivity index (χ1n) is 8.29. The molecule has 3 N–H and O–H groups in total. The molecule has 1 aromatic carbocycles. The van der Waals surface area contributed by atoms with E-state index in [1.54, 1.807) is 26.1 Å². The maximum atomic E-state index is 12.6. The summed E-state index contributed by atoms with van der Waals surface area (Å²) in [4.78, 5) is 34.5. The lowest BCUT2D eigenvalue weighted by molar-refractivity contribution is -0.117. The second-order valence-corrected chi connectivity index (χ2v) is 7.02. The minimum atomic E-state index is -0.683. The van der Waals surface area contributed by atoms with E-state index in [-0.39, 0.29) is 23.9 Å². The topological polar surface area (TPSA) is 97.5 Å². The van der Waals surface area contributed by atoms with E-state index in [0.29, 0.717) is 17.8 Å². The smallest absolute Gasteiger partial charge is 0.242 e. The van der Waals surface area contributed by atoms with Crippen molar-refractivity contribution in [3.8, 4) is 0 Å². The lowest BCUT2D eigenvalue weighted by Gasteiger charge is -2.12. The third-order valence-corrected chi connectivity index (χ3v) is 4.84. The Morgan fingerprint density at radius 2 is 2.04 bits per heavy atom. The fourth-order valence-corrected chi connectivity index (χ4v) is 3.20. The number of hydrogen-bond acceptors (Lipinski definition) is 7. The Bertz CT molecular complexity index is 746. The van der Waals surface area contributed by atoms with Crippen LogP contribution in [0.1, 0.15) is 33.6 Å². The van der Waals surface area contributed by atoms with E-state index in [0.717, 1.165) is 10.6 Å². The minimum absolute atomic E-state index is 0.0920. The van der Waals surface area contributed by atoms with Crippen LogP contribution in [0, 0.1) is 0 Å². The monoisotopic (exact) mass is 376 g/mol. The third kappa shape index (κ3) is 5.70. The van der Waals surface area contributed by atoms with E-state index in [9.17, 15) is 9.59 Å². The van der Waals surface area contributed by atoms with Crippen LogP contribution in [0.5, 0.6) is 0 Å². The minimum Gasteiger partial charge on any atom is -0.320 e. The van der Waals surface area contributed by atoms with Crippen molar-refractivity contribution < 1.29 is 14.4 Å². The van der Waals surface area contributed by atoms with Crippen LogP contribution in [0.2, 0.25) is 0 Å². The largest absolute Gasteiger partial charge is 0.320 e. The highest BCUT2D eigenvalue weighted by atomic mass is 32.1. The number of amides is 1. The molecule has 0 bridgehead atoms. The zero-order valence-electron chi connectivity index (χ0n) is 15.2. The van der Waals surface area contributed by atoms with Gasteiger partial charge in [-0.05, 0) is 12.5 Å². The van der Waals surface area contributed by atoms with Crippen molar-refractivity contribution in [2.45, 2.75) is 25.8 Å². The van der Waals surface area contributed by atoms with Gasteiger partial charge in [0.1, 0.15) is 9.88 Å². The number of carbonyl (C=O) groups excluding carboxylic acids is 2. The van der Waals surface area contributed by atoms with Gasteiger partial charge in [0.05, 0.1) is 13.2 Å². The van der Waals surface area contributed by atoms with Crippen LogP contribution in [-0.4, -0.2) is 48.5 Å². The molecule has 1 amide bonds. The first-order chi connectivity index (χ1) is 12.4. The number of hydrogen-bond donors (Lipinski definition) is 2. The molecule has 2 aromatic rings. The first kappa shape index (κ1) is 20.2. The summed E-state index contributed by atoms with van der Waals surface area (Å²) >= 11 is 1.30. The molecule has 0 saturated heterocycles. The van der Waals surface area contributed by atoms with Gasteiger partial charge < -0.3 is 15.9 Å². The molecule has 0 spiro atoms. The zero-order valence-corrected chi connectivity index (χ0v) is 16.0. The Hall–Kier alpha value is -2.13. The number of carbonyl (C=O) groups is 2. The molecule has 140 valence electrons. The van der Waals surface area contributed by atoms with Gasteiger partial charge in [-0.2, -0.15) is 5.06 Å². The van der Waals surface area contributed by atoms with E-state index in [1.165, 1.54) is 11.3 Å². The number of rotatable bonds is 9. The van der Waals surface area contributed by atoms with Crippen LogP contribution < -0.4 is 11.1 Å². The maximum Gasteiger partial charge on any atom is 0.242 e. The number of nitrogens with zero attached hydrogens (tertiary/aromatic N) is 2. The summed E-state index contributed by atoms with van der Waals surface area (Å²) in [7, 11) is 3.29. The molecule has 8 heteroatoms. The Labute approximate surface area is 157 Å². The Morgan fingerprint density at radius 3 is 2.65 bits per heavy atom. The van der Waals surface area contributed by atoms with E-state index >= 15 is 0 Å². The summed E-state index contributed by atoms with van der Waals surface area (Å²) < 4.78 is 0. The number of thiazole rings is 1. The van der Waals surface area contributed by atoms with Gasteiger partial charge in [0.15, 0.2) is 11.6 Å². The Morgan fingerprint density at radius 1 is 1.35 bits per heavy atom. The van der Waals surface area contributed by atoms with E-state index in [2.05, 4.69) is 10.3 Å². The lowest BCUT2D eigenvalue weighted by atomic mass is 10.2. The standard InChI is InChI=1S/C18H24N4O3S/c1-12(19)18(24)21-17-16(14(23)9-10-22(2)25-3)26-15(20-17)11-13-7-5-4-6-8-13/h4-8,12H,9-11,19H2,1-3H3,(H,21,24)/t12-/m1/s1. The summed E-state index contributed by atoms with van der Waals surface area (Å²) in [5.41, 5.74) is 6.70. The normalized spacial score (nSPS) is 12.2. The molecule has 0 aliphatic heterocycles. The first-order valence-corrected chi connectivity index (χ1v) is 9.11. The molecule has 7 nitrogen and oxygen atoms in total. The average Bonchev–Trinajstić information content (AvgIpc) is 3.02. The third-order valence-electron chi connectivity index (χ3n) is 3.74. The molecule has 0 saturated carbocycles.